The third-order valence-electron chi connectivity index (χ3n) is 2.70. The van der Waals surface area contributed by atoms with E-state index >= 15 is 0 Å². The van der Waals surface area contributed by atoms with Crippen molar-refractivity contribution in [2.75, 3.05) is 19.0 Å². The highest BCUT2D eigenvalue weighted by Gasteiger charge is 2.20. The summed E-state index contributed by atoms with van der Waals surface area (Å²) in [5.41, 5.74) is 0. The van der Waals surface area contributed by atoms with Crippen LogP contribution >= 0.6 is 11.6 Å². The molecule has 0 N–H and O–H groups in total. The summed E-state index contributed by atoms with van der Waals surface area (Å²) in [7, 11) is 0. The molecule has 13 heavy (non-hydrogen) atoms. The Morgan fingerprint density at radius 1 is 1.46 bits per heavy atom. The lowest BCUT2D eigenvalue weighted by Crippen LogP contribution is -2.40. The highest BCUT2D eigenvalue weighted by Crippen LogP contribution is 2.19. The molecule has 1 heterocycles. The van der Waals surface area contributed by atoms with Crippen LogP contribution in [0.25, 0.3) is 0 Å². The van der Waals surface area contributed by atoms with Crippen molar-refractivity contribution >= 4 is 11.6 Å². The van der Waals surface area contributed by atoms with Crippen molar-refractivity contribution in [2.45, 2.75) is 38.1 Å². The van der Waals surface area contributed by atoms with E-state index < -0.39 is 0 Å². The van der Waals surface area contributed by atoms with Crippen LogP contribution in [0.1, 0.15) is 32.1 Å². The number of piperidine rings is 1. The maximum absolute atomic E-state index is 8.51. The van der Waals surface area contributed by atoms with Gasteiger partial charge in [-0.05, 0) is 25.8 Å². The normalized spacial score (nSPS) is 24.2. The Bertz CT molecular complexity index is 174. The van der Waals surface area contributed by atoms with Crippen molar-refractivity contribution in [3.63, 3.8) is 0 Å². The lowest BCUT2D eigenvalue weighted by atomic mass is 10.00. The van der Waals surface area contributed by atoms with Gasteiger partial charge in [0, 0.05) is 24.9 Å². The summed E-state index contributed by atoms with van der Waals surface area (Å²) in [6.45, 7) is 2.08. The third kappa shape index (κ3) is 3.54. The van der Waals surface area contributed by atoms with Gasteiger partial charge in [0.15, 0.2) is 0 Å². The van der Waals surface area contributed by atoms with Gasteiger partial charge in [0.1, 0.15) is 0 Å². The predicted octanol–water partition coefficient (Wildman–Crippen LogP) is 2.38. The van der Waals surface area contributed by atoms with Crippen LogP contribution in [0.4, 0.5) is 0 Å². The monoisotopic (exact) mass is 200 g/mol. The molecule has 1 saturated heterocycles. The lowest BCUT2D eigenvalue weighted by Gasteiger charge is -2.34. The van der Waals surface area contributed by atoms with Crippen molar-refractivity contribution in [1.82, 2.24) is 4.90 Å². The zero-order chi connectivity index (χ0) is 9.52. The Kier molecular flexibility index (Phi) is 5.19. The number of likely N-dealkylation sites (tertiary alicyclic amines) is 1. The summed E-state index contributed by atoms with van der Waals surface area (Å²) < 4.78 is 0. The van der Waals surface area contributed by atoms with Crippen molar-refractivity contribution in [3.05, 3.63) is 0 Å². The molecule has 1 aliphatic rings. The minimum Gasteiger partial charge on any atom is -0.299 e. The molecule has 1 atom stereocenters. The van der Waals surface area contributed by atoms with Crippen molar-refractivity contribution in [1.29, 1.82) is 5.26 Å². The lowest BCUT2D eigenvalue weighted by molar-refractivity contribution is 0.148. The van der Waals surface area contributed by atoms with Gasteiger partial charge in [-0.2, -0.15) is 5.26 Å². The van der Waals surface area contributed by atoms with Crippen LogP contribution in [0.15, 0.2) is 0 Å². The second kappa shape index (κ2) is 6.23. The summed E-state index contributed by atoms with van der Waals surface area (Å²) in [6, 6.07) is 2.84. The Labute approximate surface area is 85.5 Å². The molecule has 74 valence electrons. The average molecular weight is 201 g/mol. The minimum absolute atomic E-state index is 0.639. The van der Waals surface area contributed by atoms with Gasteiger partial charge >= 0.3 is 0 Å². The molecule has 0 aliphatic carbocycles. The topological polar surface area (TPSA) is 27.0 Å². The van der Waals surface area contributed by atoms with E-state index in [2.05, 4.69) is 11.0 Å². The van der Waals surface area contributed by atoms with Crippen LogP contribution in [0.5, 0.6) is 0 Å². The molecule has 1 aliphatic heterocycles. The number of alkyl halides is 1. The molecule has 0 radical (unpaired) electrons. The minimum atomic E-state index is 0.639. The fraction of sp³-hybridized carbons (Fsp3) is 0.900. The van der Waals surface area contributed by atoms with E-state index in [-0.39, 0.29) is 0 Å². The predicted molar refractivity (Wildman–Crippen MR) is 54.8 cm³/mol. The Morgan fingerprint density at radius 2 is 2.31 bits per heavy atom. The molecule has 2 nitrogen and oxygen atoms in total. The maximum atomic E-state index is 8.51. The second-order valence-corrected chi connectivity index (χ2v) is 3.95. The molecular weight excluding hydrogens is 184 g/mol. The molecule has 0 aromatic carbocycles. The summed E-state index contributed by atoms with van der Waals surface area (Å²) >= 11 is 5.74. The van der Waals surface area contributed by atoms with E-state index in [1.54, 1.807) is 0 Å². The Morgan fingerprint density at radius 3 is 3.00 bits per heavy atom. The summed E-state index contributed by atoms with van der Waals surface area (Å²) in [5.74, 6) is 0.744. The van der Waals surface area contributed by atoms with Gasteiger partial charge in [-0.25, -0.2) is 0 Å². The summed E-state index contributed by atoms with van der Waals surface area (Å²) in [4.78, 5) is 2.43. The number of nitrogens with zero attached hydrogens (tertiary/aromatic N) is 2. The zero-order valence-corrected chi connectivity index (χ0v) is 8.76. The van der Waals surface area contributed by atoms with Crippen LogP contribution < -0.4 is 0 Å². The highest BCUT2D eigenvalue weighted by molar-refractivity contribution is 6.17. The number of hydrogen-bond donors (Lipinski definition) is 0. The van der Waals surface area contributed by atoms with Gasteiger partial charge in [0.25, 0.3) is 0 Å². The van der Waals surface area contributed by atoms with Crippen molar-refractivity contribution < 1.29 is 0 Å². The molecule has 3 heteroatoms. The molecule has 1 rings (SSSR count). The molecule has 0 aromatic rings. The molecular formula is C10H17ClN2. The van der Waals surface area contributed by atoms with Gasteiger partial charge < -0.3 is 0 Å². The fourth-order valence-corrected chi connectivity index (χ4v) is 2.25. The van der Waals surface area contributed by atoms with Gasteiger partial charge in [0.2, 0.25) is 0 Å². The highest BCUT2D eigenvalue weighted by atomic mass is 35.5. The number of nitriles is 1. The van der Waals surface area contributed by atoms with Gasteiger partial charge in [-0.1, -0.05) is 6.42 Å². The van der Waals surface area contributed by atoms with Gasteiger partial charge in [-0.15, -0.1) is 11.6 Å². The third-order valence-corrected chi connectivity index (χ3v) is 2.92. The van der Waals surface area contributed by atoms with E-state index in [9.17, 15) is 0 Å². The van der Waals surface area contributed by atoms with Crippen LogP contribution in [0.3, 0.4) is 0 Å². The number of halogens is 1. The van der Waals surface area contributed by atoms with Gasteiger partial charge in [-0.3, -0.25) is 4.90 Å². The smallest absolute Gasteiger partial charge is 0.0635 e. The summed E-state index contributed by atoms with van der Waals surface area (Å²) in [5, 5.41) is 8.51. The average Bonchev–Trinajstić information content (AvgIpc) is 2.17. The Balaban J connectivity index is 2.33. The van der Waals surface area contributed by atoms with Gasteiger partial charge in [0.05, 0.1) is 6.07 Å². The first kappa shape index (κ1) is 10.8. The number of hydrogen-bond acceptors (Lipinski definition) is 2. The molecule has 0 bridgehead atoms. The van der Waals surface area contributed by atoms with E-state index in [0.717, 1.165) is 25.4 Å². The fourth-order valence-electron chi connectivity index (χ4n) is 2.00. The molecule has 1 unspecified atom stereocenters. The van der Waals surface area contributed by atoms with Crippen LogP contribution in [0.2, 0.25) is 0 Å². The maximum Gasteiger partial charge on any atom is 0.0635 e. The summed E-state index contributed by atoms with van der Waals surface area (Å²) in [6.07, 6.45) is 5.60. The quantitative estimate of drug-likeness (QED) is 0.652. The Hall–Kier alpha value is -0.260. The van der Waals surface area contributed by atoms with Crippen LogP contribution in [-0.4, -0.2) is 29.9 Å². The van der Waals surface area contributed by atoms with E-state index in [1.165, 1.54) is 19.3 Å². The first-order valence-electron chi connectivity index (χ1n) is 5.05. The number of rotatable bonds is 4. The van der Waals surface area contributed by atoms with E-state index in [0.29, 0.717) is 12.5 Å². The standard InChI is InChI=1S/C10H17ClN2/c11-6-5-10-4-1-2-8-13(10)9-3-7-12/h10H,1-6,8-9H2. The van der Waals surface area contributed by atoms with Crippen LogP contribution in [-0.2, 0) is 0 Å². The first-order valence-corrected chi connectivity index (χ1v) is 5.59. The van der Waals surface area contributed by atoms with Crippen LogP contribution in [0, 0.1) is 11.3 Å². The first-order chi connectivity index (χ1) is 6.38. The van der Waals surface area contributed by atoms with Crippen molar-refractivity contribution in [3.8, 4) is 6.07 Å². The SMILES string of the molecule is N#CCCN1CCCCC1CCCl. The van der Waals surface area contributed by atoms with E-state index in [4.69, 9.17) is 16.9 Å². The van der Waals surface area contributed by atoms with E-state index in [1.807, 2.05) is 0 Å². The zero-order valence-electron chi connectivity index (χ0n) is 8.01. The molecule has 0 saturated carbocycles. The molecule has 0 aromatic heterocycles. The van der Waals surface area contributed by atoms with Crippen molar-refractivity contribution in [2.24, 2.45) is 0 Å². The molecule has 0 amide bonds. The second-order valence-electron chi connectivity index (χ2n) is 3.57. The molecule has 1 fully saturated rings. The molecule has 0 spiro atoms. The largest absolute Gasteiger partial charge is 0.299 e.